The van der Waals surface area contributed by atoms with Gasteiger partial charge >= 0.3 is 0 Å². The van der Waals surface area contributed by atoms with Gasteiger partial charge in [0.1, 0.15) is 0 Å². The molecular weight excluding hydrogens is 426 g/mol. The van der Waals surface area contributed by atoms with Crippen LogP contribution in [0.15, 0.2) is 103 Å². The lowest BCUT2D eigenvalue weighted by Gasteiger charge is -2.08. The SMILES string of the molecule is N#Cc1cc2c(cc1-c1ccccc1)c1cccc3c4cc(-c5ccccc5)c(C#N)cc4n2c13. The predicted molar refractivity (Wildman–Crippen MR) is 141 cm³/mol. The van der Waals surface area contributed by atoms with Crippen LogP contribution in [0.5, 0.6) is 0 Å². The van der Waals surface area contributed by atoms with Crippen LogP contribution in [0.25, 0.3) is 60.3 Å². The van der Waals surface area contributed by atoms with Crippen LogP contribution >= 0.6 is 0 Å². The van der Waals surface area contributed by atoms with Gasteiger partial charge in [-0.05, 0) is 35.4 Å². The Morgan fingerprint density at radius 1 is 0.486 bits per heavy atom. The van der Waals surface area contributed by atoms with Crippen LogP contribution in [-0.2, 0) is 0 Å². The van der Waals surface area contributed by atoms with Gasteiger partial charge in [0.05, 0.1) is 39.8 Å². The van der Waals surface area contributed by atoms with Crippen LogP contribution in [0.3, 0.4) is 0 Å². The van der Waals surface area contributed by atoms with E-state index >= 15 is 0 Å². The van der Waals surface area contributed by atoms with Gasteiger partial charge in [0.15, 0.2) is 0 Å². The maximum Gasteiger partial charge on any atom is 0.0998 e. The predicted octanol–water partition coefficient (Wildman–Crippen LogP) is 7.91. The smallest absolute Gasteiger partial charge is 0.0998 e. The second-order valence-electron chi connectivity index (χ2n) is 8.82. The van der Waals surface area contributed by atoms with Gasteiger partial charge in [-0.2, -0.15) is 10.5 Å². The molecule has 0 atom stereocenters. The Balaban J connectivity index is 1.64. The van der Waals surface area contributed by atoms with E-state index in [1.165, 1.54) is 0 Å². The van der Waals surface area contributed by atoms with E-state index in [0.29, 0.717) is 11.1 Å². The van der Waals surface area contributed by atoms with E-state index in [1.54, 1.807) is 0 Å². The molecule has 3 nitrogen and oxygen atoms in total. The highest BCUT2D eigenvalue weighted by Gasteiger charge is 2.21. The van der Waals surface area contributed by atoms with E-state index in [1.807, 2.05) is 72.8 Å². The molecule has 160 valence electrons. The molecule has 0 aliphatic rings. The van der Waals surface area contributed by atoms with E-state index in [9.17, 15) is 10.5 Å². The van der Waals surface area contributed by atoms with Gasteiger partial charge in [0.2, 0.25) is 0 Å². The summed E-state index contributed by atoms with van der Waals surface area (Å²) in [5.74, 6) is 0. The second kappa shape index (κ2) is 7.19. The molecule has 2 aromatic heterocycles. The Kier molecular flexibility index (Phi) is 3.98. The molecule has 0 saturated heterocycles. The van der Waals surface area contributed by atoms with Crippen LogP contribution in [0.2, 0.25) is 0 Å². The molecule has 0 saturated carbocycles. The van der Waals surface area contributed by atoms with Crippen molar-refractivity contribution < 1.29 is 0 Å². The molecule has 5 aromatic carbocycles. The Morgan fingerprint density at radius 3 is 1.37 bits per heavy atom. The summed E-state index contributed by atoms with van der Waals surface area (Å²) in [6, 6.07) is 39.6. The summed E-state index contributed by atoms with van der Waals surface area (Å²) < 4.78 is 2.22. The molecule has 0 radical (unpaired) electrons. The van der Waals surface area contributed by atoms with Gasteiger partial charge in [-0.1, -0.05) is 78.9 Å². The molecule has 3 heteroatoms. The normalized spacial score (nSPS) is 11.4. The van der Waals surface area contributed by atoms with Crippen molar-refractivity contribution in [2.75, 3.05) is 0 Å². The van der Waals surface area contributed by atoms with Crippen LogP contribution in [0.4, 0.5) is 0 Å². The lowest BCUT2D eigenvalue weighted by molar-refractivity contribution is 1.36. The van der Waals surface area contributed by atoms with Crippen molar-refractivity contribution in [2.24, 2.45) is 0 Å². The second-order valence-corrected chi connectivity index (χ2v) is 8.82. The maximum absolute atomic E-state index is 10.0. The highest BCUT2D eigenvalue weighted by molar-refractivity contribution is 6.24. The van der Waals surface area contributed by atoms with Gasteiger partial charge in [0.25, 0.3) is 0 Å². The molecule has 0 unspecified atom stereocenters. The quantitative estimate of drug-likeness (QED) is 0.272. The fourth-order valence-electron chi connectivity index (χ4n) is 5.47. The molecule has 0 N–H and O–H groups in total. The number of benzene rings is 5. The molecule has 7 aromatic rings. The van der Waals surface area contributed by atoms with Gasteiger partial charge in [-0.25, -0.2) is 0 Å². The summed E-state index contributed by atoms with van der Waals surface area (Å²) in [5, 5.41) is 24.6. The number of nitrogens with zero attached hydrogens (tertiary/aromatic N) is 3. The summed E-state index contributed by atoms with van der Waals surface area (Å²) in [5.41, 5.74) is 8.29. The molecule has 0 aliphatic heterocycles. The summed E-state index contributed by atoms with van der Waals surface area (Å²) in [4.78, 5) is 0. The highest BCUT2D eigenvalue weighted by Crippen LogP contribution is 2.42. The minimum Gasteiger partial charge on any atom is -0.308 e. The zero-order valence-electron chi connectivity index (χ0n) is 18.7. The van der Waals surface area contributed by atoms with Crippen molar-refractivity contribution in [3.63, 3.8) is 0 Å². The average molecular weight is 444 g/mol. The minimum atomic E-state index is 0.638. The number of hydrogen-bond acceptors (Lipinski definition) is 2. The number of rotatable bonds is 2. The third kappa shape index (κ3) is 2.64. The first-order valence-corrected chi connectivity index (χ1v) is 11.5. The van der Waals surface area contributed by atoms with Crippen molar-refractivity contribution >= 4 is 38.1 Å². The molecule has 0 bridgehead atoms. The Labute approximate surface area is 201 Å². The molecule has 0 amide bonds. The third-order valence-corrected chi connectivity index (χ3v) is 7.00. The molecule has 7 rings (SSSR count). The van der Waals surface area contributed by atoms with Crippen molar-refractivity contribution in [1.29, 1.82) is 10.5 Å². The highest BCUT2D eigenvalue weighted by atomic mass is 14.9. The van der Waals surface area contributed by atoms with E-state index in [2.05, 4.69) is 46.9 Å². The van der Waals surface area contributed by atoms with Gasteiger partial charge < -0.3 is 4.40 Å². The first-order chi connectivity index (χ1) is 17.3. The zero-order valence-corrected chi connectivity index (χ0v) is 18.7. The standard InChI is InChI=1S/C32H17N3/c33-18-22-14-30-28(16-26(22)20-8-3-1-4-9-20)24-12-7-13-25-29-17-27(21-10-5-2-6-11-21)23(19-34)15-31(29)35(30)32(24)25/h1-17H. The lowest BCUT2D eigenvalue weighted by atomic mass is 9.96. The number of aromatic nitrogens is 1. The van der Waals surface area contributed by atoms with Crippen molar-refractivity contribution in [2.45, 2.75) is 0 Å². The number of fused-ring (bicyclic) bond motifs is 6. The van der Waals surface area contributed by atoms with Gasteiger partial charge in [0, 0.05) is 32.7 Å². The Morgan fingerprint density at radius 2 is 0.943 bits per heavy atom. The van der Waals surface area contributed by atoms with Crippen molar-refractivity contribution in [3.05, 3.63) is 114 Å². The molecule has 0 fully saturated rings. The van der Waals surface area contributed by atoms with E-state index in [0.717, 1.165) is 60.3 Å². The largest absolute Gasteiger partial charge is 0.308 e. The van der Waals surface area contributed by atoms with E-state index < -0.39 is 0 Å². The van der Waals surface area contributed by atoms with Gasteiger partial charge in [-0.3, -0.25) is 0 Å². The third-order valence-electron chi connectivity index (χ3n) is 7.00. The Bertz CT molecular complexity index is 1860. The van der Waals surface area contributed by atoms with Crippen molar-refractivity contribution in [1.82, 2.24) is 4.40 Å². The lowest BCUT2D eigenvalue weighted by Crippen LogP contribution is -1.89. The fourth-order valence-corrected chi connectivity index (χ4v) is 5.47. The van der Waals surface area contributed by atoms with Gasteiger partial charge in [-0.15, -0.1) is 0 Å². The van der Waals surface area contributed by atoms with Crippen LogP contribution < -0.4 is 0 Å². The molecule has 2 heterocycles. The summed E-state index contributed by atoms with van der Waals surface area (Å²) in [7, 11) is 0. The topological polar surface area (TPSA) is 52.0 Å². The maximum atomic E-state index is 10.0. The zero-order chi connectivity index (χ0) is 23.5. The van der Waals surface area contributed by atoms with Crippen LogP contribution in [0, 0.1) is 22.7 Å². The summed E-state index contributed by atoms with van der Waals surface area (Å²) in [6.07, 6.45) is 0. The first kappa shape index (κ1) is 19.4. The molecule has 0 spiro atoms. The van der Waals surface area contributed by atoms with Crippen LogP contribution in [0.1, 0.15) is 11.1 Å². The summed E-state index contributed by atoms with van der Waals surface area (Å²) in [6.45, 7) is 0. The average Bonchev–Trinajstić information content (AvgIpc) is 3.43. The number of nitriles is 2. The first-order valence-electron chi connectivity index (χ1n) is 11.5. The molecule has 35 heavy (non-hydrogen) atoms. The monoisotopic (exact) mass is 443 g/mol. The number of hydrogen-bond donors (Lipinski definition) is 0. The van der Waals surface area contributed by atoms with E-state index in [4.69, 9.17) is 0 Å². The minimum absolute atomic E-state index is 0.638. The number of para-hydroxylation sites is 1. The fraction of sp³-hybridized carbons (Fsp3) is 0. The van der Waals surface area contributed by atoms with Crippen LogP contribution in [-0.4, -0.2) is 4.40 Å². The molecule has 0 aliphatic carbocycles. The molecular formula is C32H17N3. The van der Waals surface area contributed by atoms with Crippen molar-refractivity contribution in [3.8, 4) is 34.4 Å². The van der Waals surface area contributed by atoms with E-state index in [-0.39, 0.29) is 0 Å². The summed E-state index contributed by atoms with van der Waals surface area (Å²) >= 11 is 0. The Hall–Kier alpha value is -5.12.